The van der Waals surface area contributed by atoms with Crippen LogP contribution in [0.2, 0.25) is 0 Å². The van der Waals surface area contributed by atoms with Gasteiger partial charge < -0.3 is 9.47 Å². The zero-order valence-electron chi connectivity index (χ0n) is 15.7. The van der Waals surface area contributed by atoms with E-state index >= 15 is 0 Å². The van der Waals surface area contributed by atoms with Gasteiger partial charge in [0, 0.05) is 52.7 Å². The van der Waals surface area contributed by atoms with Crippen LogP contribution in [0.3, 0.4) is 0 Å². The molecule has 1 saturated heterocycles. The first kappa shape index (κ1) is 19.4. The molecule has 0 aliphatic carbocycles. The zero-order valence-corrected chi connectivity index (χ0v) is 16.5. The summed E-state index contributed by atoms with van der Waals surface area (Å²) in [5, 5.41) is 0. The van der Waals surface area contributed by atoms with E-state index < -0.39 is 21.3 Å². The van der Waals surface area contributed by atoms with Crippen molar-refractivity contribution in [2.75, 3.05) is 31.6 Å². The minimum Gasteiger partial charge on any atom is -0.371 e. The summed E-state index contributed by atoms with van der Waals surface area (Å²) in [7, 11) is 0.200. The first-order chi connectivity index (χ1) is 12.7. The molecule has 0 amide bonds. The second-order valence-corrected chi connectivity index (χ2v) is 8.99. The summed E-state index contributed by atoms with van der Waals surface area (Å²) >= 11 is 0. The van der Waals surface area contributed by atoms with Gasteiger partial charge in [0.05, 0.1) is 0 Å². The average Bonchev–Trinajstić information content (AvgIpc) is 3.12. The van der Waals surface area contributed by atoms with Crippen molar-refractivity contribution >= 4 is 15.7 Å². The van der Waals surface area contributed by atoms with Gasteiger partial charge >= 0.3 is 5.69 Å². The molecule has 2 heterocycles. The molecule has 0 saturated carbocycles. The lowest BCUT2D eigenvalue weighted by atomic mass is 10.1. The van der Waals surface area contributed by atoms with E-state index in [0.717, 1.165) is 40.5 Å². The molecule has 1 unspecified atom stereocenters. The number of benzene rings is 1. The third-order valence-electron chi connectivity index (χ3n) is 5.03. The van der Waals surface area contributed by atoms with Crippen LogP contribution in [0.1, 0.15) is 6.42 Å². The van der Waals surface area contributed by atoms with Crippen LogP contribution in [-0.4, -0.2) is 48.5 Å². The zero-order chi connectivity index (χ0) is 19.8. The number of anilines is 1. The highest BCUT2D eigenvalue weighted by molar-refractivity contribution is 7.89. The van der Waals surface area contributed by atoms with Crippen molar-refractivity contribution in [2.45, 2.75) is 11.3 Å². The molecule has 1 aromatic heterocycles. The highest BCUT2D eigenvalue weighted by Gasteiger charge is 2.31. The van der Waals surface area contributed by atoms with Gasteiger partial charge in [-0.1, -0.05) is 18.2 Å². The van der Waals surface area contributed by atoms with Gasteiger partial charge in [-0.05, 0) is 24.5 Å². The lowest BCUT2D eigenvalue weighted by Gasteiger charge is -2.22. The van der Waals surface area contributed by atoms with Crippen LogP contribution in [0.25, 0.3) is 0 Å². The highest BCUT2D eigenvalue weighted by Crippen LogP contribution is 2.25. The SMILES string of the molecule is CN(CC1CCN(c2ccccc2)C1)S(=O)(=O)c1cn(C)c(=O)n(C)c1=O. The highest BCUT2D eigenvalue weighted by atomic mass is 32.2. The van der Waals surface area contributed by atoms with Gasteiger partial charge in [-0.25, -0.2) is 17.5 Å². The second kappa shape index (κ2) is 7.32. The number of nitrogens with zero attached hydrogens (tertiary/aromatic N) is 4. The molecule has 0 radical (unpaired) electrons. The fraction of sp³-hybridized carbons (Fsp3) is 0.444. The minimum absolute atomic E-state index is 0.168. The van der Waals surface area contributed by atoms with Gasteiger partial charge in [0.15, 0.2) is 4.90 Å². The van der Waals surface area contributed by atoms with E-state index in [0.29, 0.717) is 6.54 Å². The topological polar surface area (TPSA) is 84.6 Å². The minimum atomic E-state index is -3.98. The molecule has 2 aromatic rings. The fourth-order valence-electron chi connectivity index (χ4n) is 3.44. The molecule has 0 N–H and O–H groups in total. The molecular formula is C18H24N4O4S. The smallest absolute Gasteiger partial charge is 0.330 e. The maximum absolute atomic E-state index is 12.9. The van der Waals surface area contributed by atoms with Crippen molar-refractivity contribution in [2.24, 2.45) is 20.0 Å². The van der Waals surface area contributed by atoms with E-state index in [9.17, 15) is 18.0 Å². The summed E-state index contributed by atoms with van der Waals surface area (Å²) in [5.74, 6) is 0.168. The predicted octanol–water partition coefficient (Wildman–Crippen LogP) is 0.231. The van der Waals surface area contributed by atoms with Crippen molar-refractivity contribution in [3.8, 4) is 0 Å². The Kier molecular flexibility index (Phi) is 5.25. The van der Waals surface area contributed by atoms with Crippen LogP contribution in [-0.2, 0) is 24.1 Å². The number of para-hydroxylation sites is 1. The van der Waals surface area contributed by atoms with E-state index in [2.05, 4.69) is 4.90 Å². The van der Waals surface area contributed by atoms with Crippen molar-refractivity contribution < 1.29 is 8.42 Å². The molecule has 1 aliphatic heterocycles. The molecule has 1 atom stereocenters. The van der Waals surface area contributed by atoms with Crippen LogP contribution in [0.4, 0.5) is 5.69 Å². The molecule has 1 aromatic carbocycles. The molecule has 8 nitrogen and oxygen atoms in total. The molecule has 9 heteroatoms. The Labute approximate surface area is 158 Å². The molecule has 27 heavy (non-hydrogen) atoms. The Bertz CT molecular complexity index is 1040. The van der Waals surface area contributed by atoms with Crippen LogP contribution in [0.15, 0.2) is 51.0 Å². The third-order valence-corrected chi connectivity index (χ3v) is 6.83. The third kappa shape index (κ3) is 3.70. The first-order valence-corrected chi connectivity index (χ1v) is 10.2. The van der Waals surface area contributed by atoms with Crippen molar-refractivity contribution in [1.29, 1.82) is 0 Å². The number of aryl methyl sites for hydroxylation is 1. The average molecular weight is 392 g/mol. The molecule has 1 fully saturated rings. The van der Waals surface area contributed by atoms with E-state index in [1.54, 1.807) is 0 Å². The van der Waals surface area contributed by atoms with Gasteiger partial charge in [0.1, 0.15) is 0 Å². The number of hydrogen-bond acceptors (Lipinski definition) is 5. The summed E-state index contributed by atoms with van der Waals surface area (Å²) in [6, 6.07) is 10.0. The molecule has 0 bridgehead atoms. The molecular weight excluding hydrogens is 368 g/mol. The summed E-state index contributed by atoms with van der Waals surface area (Å²) in [4.78, 5) is 26.0. The van der Waals surface area contributed by atoms with Crippen LogP contribution >= 0.6 is 0 Å². The number of aromatic nitrogens is 2. The van der Waals surface area contributed by atoms with Crippen LogP contribution in [0.5, 0.6) is 0 Å². The maximum Gasteiger partial charge on any atom is 0.330 e. The van der Waals surface area contributed by atoms with Gasteiger partial charge in [-0.15, -0.1) is 0 Å². The second-order valence-electron chi connectivity index (χ2n) is 6.97. The Balaban J connectivity index is 1.78. The Morgan fingerprint density at radius 3 is 2.48 bits per heavy atom. The molecule has 0 spiro atoms. The van der Waals surface area contributed by atoms with E-state index in [-0.39, 0.29) is 10.8 Å². The molecule has 1 aliphatic rings. The predicted molar refractivity (Wildman–Crippen MR) is 104 cm³/mol. The monoisotopic (exact) mass is 392 g/mol. The maximum atomic E-state index is 12.9. The summed E-state index contributed by atoms with van der Waals surface area (Å²) in [5.41, 5.74) is -0.240. The number of sulfonamides is 1. The van der Waals surface area contributed by atoms with Crippen LogP contribution in [0, 0.1) is 5.92 Å². The van der Waals surface area contributed by atoms with Gasteiger partial charge in [-0.2, -0.15) is 0 Å². The molecule has 3 rings (SSSR count). The van der Waals surface area contributed by atoms with E-state index in [4.69, 9.17) is 0 Å². The van der Waals surface area contributed by atoms with Crippen molar-refractivity contribution in [3.63, 3.8) is 0 Å². The fourth-order valence-corrected chi connectivity index (χ4v) is 4.83. The van der Waals surface area contributed by atoms with Crippen LogP contribution < -0.4 is 16.1 Å². The summed E-state index contributed by atoms with van der Waals surface area (Å²) in [6.45, 7) is 1.94. The Morgan fingerprint density at radius 1 is 1.15 bits per heavy atom. The van der Waals surface area contributed by atoms with Gasteiger partial charge in [0.2, 0.25) is 10.0 Å². The largest absolute Gasteiger partial charge is 0.371 e. The quantitative estimate of drug-likeness (QED) is 0.727. The lowest BCUT2D eigenvalue weighted by molar-refractivity contribution is 0.400. The summed E-state index contributed by atoms with van der Waals surface area (Å²) < 4.78 is 28.9. The van der Waals surface area contributed by atoms with Crippen molar-refractivity contribution in [3.05, 3.63) is 57.4 Å². The standard InChI is InChI=1S/C18H24N4O4S/c1-19-13-16(17(23)21(3)18(19)24)27(25,26)20(2)11-14-9-10-22(12-14)15-7-5-4-6-8-15/h4-8,13-14H,9-12H2,1-3H3. The van der Waals surface area contributed by atoms with Gasteiger partial charge in [-0.3, -0.25) is 9.36 Å². The first-order valence-electron chi connectivity index (χ1n) is 8.75. The number of rotatable bonds is 5. The lowest BCUT2D eigenvalue weighted by Crippen LogP contribution is -2.42. The van der Waals surface area contributed by atoms with E-state index in [1.165, 1.54) is 25.4 Å². The number of hydrogen-bond donors (Lipinski definition) is 0. The Morgan fingerprint density at radius 2 is 1.81 bits per heavy atom. The normalized spacial score (nSPS) is 17.6. The molecule has 146 valence electrons. The Hall–Kier alpha value is -2.39. The van der Waals surface area contributed by atoms with E-state index in [1.807, 2.05) is 30.3 Å². The summed E-state index contributed by atoms with van der Waals surface area (Å²) in [6.07, 6.45) is 1.97. The van der Waals surface area contributed by atoms with Gasteiger partial charge in [0.25, 0.3) is 5.56 Å². The van der Waals surface area contributed by atoms with Crippen molar-refractivity contribution in [1.82, 2.24) is 13.4 Å².